The van der Waals surface area contributed by atoms with Gasteiger partial charge in [-0.1, -0.05) is 30.7 Å². The summed E-state index contributed by atoms with van der Waals surface area (Å²) < 4.78 is 34.7. The highest BCUT2D eigenvalue weighted by Gasteiger charge is 2.32. The summed E-state index contributed by atoms with van der Waals surface area (Å²) in [7, 11) is 1.68. The Morgan fingerprint density at radius 2 is 1.71 bits per heavy atom. The monoisotopic (exact) mass is 850 g/mol. The van der Waals surface area contributed by atoms with E-state index >= 15 is 0 Å². The Morgan fingerprint density at radius 1 is 0.952 bits per heavy atom. The standard InChI is InChI=1S/C44H52F2N12O4/c1-52-39-30(8-6-10-34(39)58(44(52)62)35-15-16-37(59)50-43(35)61)9-7-18-53-22-24-54(25-23-53)27-29-11-13-31(14-12-29)57-28-33(38(51-57)40(45)46)48-42(60)32-26-47-56-21-17-36(49-41(32)56)55-19-4-2-3-5-20-55/h6,8,10,17,21,26,28-29,31,35,40H,2-5,11-16,18-20,22-25,27H2,1H3,(H,48,60)(H,50,59,61). The highest BCUT2D eigenvalue weighted by Crippen LogP contribution is 2.36. The predicted octanol–water partition coefficient (Wildman–Crippen LogP) is 4.53. The van der Waals surface area contributed by atoms with Crippen LogP contribution >= 0.6 is 0 Å². The van der Waals surface area contributed by atoms with Gasteiger partial charge in [-0.15, -0.1) is 0 Å². The van der Waals surface area contributed by atoms with E-state index < -0.39 is 30.0 Å². The molecule has 7 heterocycles. The number of imidazole rings is 1. The van der Waals surface area contributed by atoms with E-state index in [-0.39, 0.29) is 41.7 Å². The van der Waals surface area contributed by atoms with Crippen LogP contribution in [0.4, 0.5) is 20.3 Å². The molecule has 9 rings (SSSR count). The number of carbonyl (C=O) groups excluding carboxylic acids is 3. The summed E-state index contributed by atoms with van der Waals surface area (Å²) in [6.07, 6.45) is 10.4. The number of alkyl halides is 2. The number of fused-ring (bicyclic) bond motifs is 2. The first-order chi connectivity index (χ1) is 30.1. The molecule has 4 aliphatic rings. The van der Waals surface area contributed by atoms with Crippen LogP contribution in [0.3, 0.4) is 0 Å². The van der Waals surface area contributed by atoms with Gasteiger partial charge in [-0.25, -0.2) is 23.1 Å². The van der Waals surface area contributed by atoms with Crippen molar-refractivity contribution in [3.8, 4) is 11.8 Å². The Hall–Kier alpha value is -5.93. The average Bonchev–Trinajstić information content (AvgIpc) is 3.88. The fourth-order valence-electron chi connectivity index (χ4n) is 9.64. The number of aromatic nitrogens is 7. The number of para-hydroxylation sites is 1. The number of hydrogen-bond donors (Lipinski definition) is 2. The van der Waals surface area contributed by atoms with Gasteiger partial charge in [0.1, 0.15) is 17.4 Å². The molecule has 1 aromatic carbocycles. The van der Waals surface area contributed by atoms with Crippen LogP contribution in [0.15, 0.2) is 47.7 Å². The van der Waals surface area contributed by atoms with Gasteiger partial charge in [0.15, 0.2) is 11.3 Å². The van der Waals surface area contributed by atoms with E-state index in [1.807, 2.05) is 24.3 Å². The predicted molar refractivity (Wildman–Crippen MR) is 228 cm³/mol. The molecule has 3 saturated heterocycles. The van der Waals surface area contributed by atoms with Crippen LogP contribution in [0.25, 0.3) is 16.7 Å². The fourth-order valence-corrected chi connectivity index (χ4v) is 9.64. The molecule has 2 N–H and O–H groups in total. The highest BCUT2D eigenvalue weighted by atomic mass is 19.3. The highest BCUT2D eigenvalue weighted by molar-refractivity contribution is 6.08. The fraction of sp³-hybridized carbons (Fsp3) is 0.523. The van der Waals surface area contributed by atoms with Crippen LogP contribution in [-0.4, -0.2) is 113 Å². The van der Waals surface area contributed by atoms with Gasteiger partial charge in [0.05, 0.1) is 41.1 Å². The van der Waals surface area contributed by atoms with Gasteiger partial charge in [0.2, 0.25) is 11.8 Å². The van der Waals surface area contributed by atoms with Crippen molar-refractivity contribution in [2.24, 2.45) is 13.0 Å². The molecule has 3 aliphatic heterocycles. The summed E-state index contributed by atoms with van der Waals surface area (Å²) in [5.74, 6) is 6.49. The van der Waals surface area contributed by atoms with E-state index in [2.05, 4.69) is 47.4 Å². The lowest BCUT2D eigenvalue weighted by molar-refractivity contribution is -0.135. The molecule has 4 aromatic heterocycles. The van der Waals surface area contributed by atoms with Crippen molar-refractivity contribution in [1.29, 1.82) is 0 Å². The topological polar surface area (TPSA) is 160 Å². The van der Waals surface area contributed by atoms with Gasteiger partial charge in [-0.05, 0) is 69.1 Å². The third-order valence-electron chi connectivity index (χ3n) is 13.1. The van der Waals surface area contributed by atoms with Crippen molar-refractivity contribution in [3.05, 3.63) is 70.2 Å². The summed E-state index contributed by atoms with van der Waals surface area (Å²) in [5, 5.41) is 13.6. The Bertz CT molecular complexity index is 2600. The maximum absolute atomic E-state index is 14.3. The number of amides is 3. The van der Waals surface area contributed by atoms with E-state index in [1.165, 1.54) is 32.7 Å². The first-order valence-electron chi connectivity index (χ1n) is 21.9. The number of benzene rings is 1. The van der Waals surface area contributed by atoms with Crippen molar-refractivity contribution in [2.75, 3.05) is 62.6 Å². The molecule has 5 aromatic rings. The van der Waals surface area contributed by atoms with Crippen LogP contribution < -0.4 is 21.2 Å². The van der Waals surface area contributed by atoms with Gasteiger partial charge in [-0.3, -0.25) is 38.4 Å². The summed E-state index contributed by atoms with van der Waals surface area (Å²) in [6, 6.07) is 6.63. The number of rotatable bonds is 9. The van der Waals surface area contributed by atoms with Crippen LogP contribution in [0.2, 0.25) is 0 Å². The first kappa shape index (κ1) is 41.4. The molecule has 18 heteroatoms. The molecule has 62 heavy (non-hydrogen) atoms. The van der Waals surface area contributed by atoms with Gasteiger partial charge >= 0.3 is 5.69 Å². The van der Waals surface area contributed by atoms with Crippen molar-refractivity contribution >= 4 is 45.9 Å². The molecular weight excluding hydrogens is 799 g/mol. The Labute approximate surface area is 357 Å². The third kappa shape index (κ3) is 8.47. The second-order valence-corrected chi connectivity index (χ2v) is 17.1. The Kier molecular flexibility index (Phi) is 11.9. The number of nitrogens with one attached hydrogen (secondary N) is 2. The molecule has 1 atom stereocenters. The molecule has 0 spiro atoms. The first-order valence-corrected chi connectivity index (χ1v) is 21.9. The lowest BCUT2D eigenvalue weighted by atomic mass is 9.85. The maximum atomic E-state index is 14.3. The number of piperidine rings is 1. The normalized spacial score (nSPS) is 21.9. The molecule has 0 radical (unpaired) electrons. The number of carbonyl (C=O) groups is 3. The minimum atomic E-state index is -2.85. The number of aryl methyl sites for hydroxylation is 1. The van der Waals surface area contributed by atoms with Crippen LogP contribution in [0.1, 0.15) is 104 Å². The van der Waals surface area contributed by atoms with Crippen molar-refractivity contribution < 1.29 is 23.2 Å². The molecule has 16 nitrogen and oxygen atoms in total. The number of nitrogens with zero attached hydrogens (tertiary/aromatic N) is 10. The minimum Gasteiger partial charge on any atom is -0.357 e. The number of piperazine rings is 1. The van der Waals surface area contributed by atoms with Crippen LogP contribution in [0.5, 0.6) is 0 Å². The lowest BCUT2D eigenvalue weighted by Gasteiger charge is -2.37. The Balaban J connectivity index is 0.769. The van der Waals surface area contributed by atoms with E-state index in [1.54, 1.807) is 24.1 Å². The molecule has 3 amide bonds. The van der Waals surface area contributed by atoms with Crippen LogP contribution in [-0.2, 0) is 16.6 Å². The lowest BCUT2D eigenvalue weighted by Crippen LogP contribution is -2.48. The largest absolute Gasteiger partial charge is 0.357 e. The molecule has 1 aliphatic carbocycles. The smallest absolute Gasteiger partial charge is 0.329 e. The summed E-state index contributed by atoms with van der Waals surface area (Å²) in [4.78, 5) is 63.0. The Morgan fingerprint density at radius 3 is 2.45 bits per heavy atom. The average molecular weight is 851 g/mol. The molecule has 1 saturated carbocycles. The zero-order valence-corrected chi connectivity index (χ0v) is 34.9. The number of anilines is 2. The van der Waals surface area contributed by atoms with E-state index in [9.17, 15) is 28.0 Å². The van der Waals surface area contributed by atoms with Crippen molar-refractivity contribution in [3.63, 3.8) is 0 Å². The molecule has 0 bridgehead atoms. The number of imide groups is 1. The minimum absolute atomic E-state index is 0.00393. The van der Waals surface area contributed by atoms with Gasteiger partial charge in [0, 0.05) is 71.7 Å². The molecule has 1 unspecified atom stereocenters. The number of halogens is 2. The zero-order chi connectivity index (χ0) is 42.9. The van der Waals surface area contributed by atoms with Crippen LogP contribution in [0, 0.1) is 17.8 Å². The van der Waals surface area contributed by atoms with Gasteiger partial charge < -0.3 is 15.1 Å². The number of hydrogen-bond acceptors (Lipinski definition) is 10. The van der Waals surface area contributed by atoms with Crippen molar-refractivity contribution in [2.45, 2.75) is 82.7 Å². The second-order valence-electron chi connectivity index (χ2n) is 17.1. The second kappa shape index (κ2) is 17.8. The molecule has 4 fully saturated rings. The summed E-state index contributed by atoms with van der Waals surface area (Å²) in [6.45, 7) is 6.94. The van der Waals surface area contributed by atoms with Crippen molar-refractivity contribution in [1.82, 2.24) is 48.6 Å². The quantitative estimate of drug-likeness (QED) is 0.160. The molecular formula is C44H52F2N12O4. The third-order valence-corrected chi connectivity index (χ3v) is 13.1. The zero-order valence-electron chi connectivity index (χ0n) is 34.9. The van der Waals surface area contributed by atoms with Gasteiger partial charge in [0.25, 0.3) is 12.3 Å². The van der Waals surface area contributed by atoms with E-state index in [0.29, 0.717) is 34.7 Å². The SMILES string of the molecule is Cn1c(=O)n(C2CCC(=O)NC2=O)c2cccc(C#CCN3CCN(CC4CCC(n5cc(NC(=O)c6cnn7ccc(N8CCCCCC8)nc67)c(C(F)F)n5)CC4)CC3)c21. The molecule has 326 valence electrons. The summed E-state index contributed by atoms with van der Waals surface area (Å²) in [5.41, 5.74) is 1.83. The summed E-state index contributed by atoms with van der Waals surface area (Å²) >= 11 is 0. The van der Waals surface area contributed by atoms with Gasteiger partial charge in [-0.2, -0.15) is 10.2 Å². The van der Waals surface area contributed by atoms with E-state index in [0.717, 1.165) is 90.2 Å². The maximum Gasteiger partial charge on any atom is 0.329 e. The van der Waals surface area contributed by atoms with E-state index in [4.69, 9.17) is 4.98 Å².